The van der Waals surface area contributed by atoms with Crippen molar-refractivity contribution in [3.8, 4) is 0 Å². The minimum absolute atomic E-state index is 0.127. The Morgan fingerprint density at radius 1 is 0.969 bits per heavy atom. The number of unbranched alkanes of at least 4 members (excludes halogenated alkanes) is 6. The SMILES string of the molecule is CN1[C@H]2CC[C@@H]1[C@@H](C(=O)OCCCCCCCCCC(=O)OCc1ccccc1)[C@@H](O)C2. The molecule has 6 heteroatoms. The predicted octanol–water partition coefficient (Wildman–Crippen LogP) is 4.24. The molecule has 0 unspecified atom stereocenters. The standard InChI is InChI=1S/C26H39NO5/c1-27-21-15-16-22(27)25(23(28)18-21)26(30)31-17-11-6-4-2-3-5-10-14-24(29)32-19-20-12-8-7-9-13-20/h7-9,12-13,21-23,25,28H,2-6,10-11,14-19H2,1H3/t21-,22+,23-,25+/m0/s1. The van der Waals surface area contributed by atoms with E-state index in [1.807, 2.05) is 30.3 Å². The Morgan fingerprint density at radius 2 is 1.66 bits per heavy atom. The predicted molar refractivity (Wildman–Crippen MR) is 123 cm³/mol. The van der Waals surface area contributed by atoms with Crippen molar-refractivity contribution < 1.29 is 24.2 Å². The van der Waals surface area contributed by atoms with Crippen LogP contribution in [-0.2, 0) is 25.7 Å². The molecule has 4 atom stereocenters. The Bertz CT molecular complexity index is 709. The van der Waals surface area contributed by atoms with E-state index in [1.54, 1.807) is 0 Å². The number of rotatable bonds is 13. The second kappa shape index (κ2) is 12.9. The number of fused-ring (bicyclic) bond motifs is 2. The Kier molecular flexibility index (Phi) is 10.0. The van der Waals surface area contributed by atoms with Gasteiger partial charge in [0.15, 0.2) is 0 Å². The zero-order chi connectivity index (χ0) is 22.8. The summed E-state index contributed by atoms with van der Waals surface area (Å²) < 4.78 is 10.8. The third kappa shape index (κ3) is 7.31. The van der Waals surface area contributed by atoms with Crippen LogP contribution in [0.25, 0.3) is 0 Å². The van der Waals surface area contributed by atoms with Crippen molar-refractivity contribution in [2.24, 2.45) is 5.92 Å². The molecule has 1 N–H and O–H groups in total. The maximum atomic E-state index is 12.5. The normalized spacial score (nSPS) is 24.9. The lowest BCUT2D eigenvalue weighted by atomic mass is 9.88. The highest BCUT2D eigenvalue weighted by Crippen LogP contribution is 2.38. The first kappa shape index (κ1) is 24.7. The Balaban J connectivity index is 1.14. The molecule has 6 nitrogen and oxygen atoms in total. The van der Waals surface area contributed by atoms with Gasteiger partial charge in [0.1, 0.15) is 6.61 Å². The summed E-state index contributed by atoms with van der Waals surface area (Å²) in [5.74, 6) is -0.745. The monoisotopic (exact) mass is 445 g/mol. The van der Waals surface area contributed by atoms with Gasteiger partial charge in [-0.05, 0) is 44.7 Å². The van der Waals surface area contributed by atoms with Crippen LogP contribution >= 0.6 is 0 Å². The molecule has 3 rings (SSSR count). The first-order valence-electron chi connectivity index (χ1n) is 12.3. The quantitative estimate of drug-likeness (QED) is 0.362. The second-order valence-corrected chi connectivity index (χ2v) is 9.33. The number of aliphatic hydroxyl groups is 1. The van der Waals surface area contributed by atoms with Crippen LogP contribution in [0.1, 0.15) is 76.2 Å². The van der Waals surface area contributed by atoms with Crippen LogP contribution in [0, 0.1) is 5.92 Å². The molecule has 2 fully saturated rings. The lowest BCUT2D eigenvalue weighted by Crippen LogP contribution is -2.52. The van der Waals surface area contributed by atoms with E-state index in [9.17, 15) is 14.7 Å². The van der Waals surface area contributed by atoms with E-state index in [1.165, 1.54) is 0 Å². The number of aliphatic hydroxyl groups excluding tert-OH is 1. The number of carbonyl (C=O) groups excluding carboxylic acids is 2. The van der Waals surface area contributed by atoms with E-state index in [4.69, 9.17) is 9.47 Å². The van der Waals surface area contributed by atoms with Gasteiger partial charge in [-0.1, -0.05) is 62.4 Å². The average Bonchev–Trinajstić information content (AvgIpc) is 3.03. The molecule has 32 heavy (non-hydrogen) atoms. The Hall–Kier alpha value is -1.92. The van der Waals surface area contributed by atoms with Gasteiger partial charge in [0.05, 0.1) is 18.6 Å². The molecule has 0 radical (unpaired) electrons. The highest BCUT2D eigenvalue weighted by Gasteiger charge is 2.48. The first-order valence-corrected chi connectivity index (χ1v) is 12.3. The number of nitrogens with zero attached hydrogens (tertiary/aromatic N) is 1. The fourth-order valence-electron chi connectivity index (χ4n) is 5.09. The number of hydrogen-bond acceptors (Lipinski definition) is 6. The van der Waals surface area contributed by atoms with Crippen molar-refractivity contribution in [2.75, 3.05) is 13.7 Å². The molecule has 2 heterocycles. The number of piperidine rings is 1. The number of hydrogen-bond donors (Lipinski definition) is 1. The number of ether oxygens (including phenoxy) is 2. The van der Waals surface area contributed by atoms with Gasteiger partial charge < -0.3 is 14.6 Å². The lowest BCUT2D eigenvalue weighted by molar-refractivity contribution is -0.159. The molecule has 178 valence electrons. The molecule has 0 aliphatic carbocycles. The van der Waals surface area contributed by atoms with Gasteiger partial charge in [-0.15, -0.1) is 0 Å². The smallest absolute Gasteiger partial charge is 0.313 e. The summed E-state index contributed by atoms with van der Waals surface area (Å²) in [4.78, 5) is 26.5. The summed E-state index contributed by atoms with van der Waals surface area (Å²) in [6.45, 7) is 0.789. The maximum Gasteiger partial charge on any atom is 0.313 e. The van der Waals surface area contributed by atoms with Crippen molar-refractivity contribution in [2.45, 2.75) is 95.4 Å². The summed E-state index contributed by atoms with van der Waals surface area (Å²) in [6.07, 6.45) is 9.77. The number of carbonyl (C=O) groups is 2. The molecule has 0 amide bonds. The average molecular weight is 446 g/mol. The molecule has 0 saturated carbocycles. The Morgan fingerprint density at radius 3 is 2.41 bits per heavy atom. The van der Waals surface area contributed by atoms with E-state index in [-0.39, 0.29) is 18.0 Å². The lowest BCUT2D eigenvalue weighted by Gasteiger charge is -2.39. The minimum Gasteiger partial charge on any atom is -0.465 e. The summed E-state index contributed by atoms with van der Waals surface area (Å²) in [5.41, 5.74) is 1.01. The maximum absolute atomic E-state index is 12.5. The zero-order valence-corrected chi connectivity index (χ0v) is 19.4. The number of esters is 2. The summed E-state index contributed by atoms with van der Waals surface area (Å²) in [6, 6.07) is 10.3. The van der Waals surface area contributed by atoms with E-state index in [0.717, 1.165) is 63.4 Å². The summed E-state index contributed by atoms with van der Waals surface area (Å²) in [5, 5.41) is 10.3. The highest BCUT2D eigenvalue weighted by atomic mass is 16.5. The van der Waals surface area contributed by atoms with Gasteiger partial charge in [0, 0.05) is 18.5 Å². The van der Waals surface area contributed by atoms with Crippen molar-refractivity contribution in [3.05, 3.63) is 35.9 Å². The van der Waals surface area contributed by atoms with Gasteiger partial charge in [-0.2, -0.15) is 0 Å². The van der Waals surface area contributed by atoms with Gasteiger partial charge in [0.25, 0.3) is 0 Å². The molecule has 2 aliphatic rings. The molecular weight excluding hydrogens is 406 g/mol. The van der Waals surface area contributed by atoms with Crippen LogP contribution in [-0.4, -0.2) is 53.8 Å². The molecule has 0 spiro atoms. The second-order valence-electron chi connectivity index (χ2n) is 9.33. The minimum atomic E-state index is -0.563. The molecule has 2 saturated heterocycles. The van der Waals surface area contributed by atoms with E-state index in [2.05, 4.69) is 11.9 Å². The molecule has 2 aliphatic heterocycles. The van der Waals surface area contributed by atoms with Crippen molar-refractivity contribution >= 4 is 11.9 Å². The van der Waals surface area contributed by atoms with Gasteiger partial charge in [0.2, 0.25) is 0 Å². The third-order valence-corrected chi connectivity index (χ3v) is 7.02. The van der Waals surface area contributed by atoms with Gasteiger partial charge >= 0.3 is 11.9 Å². The summed E-state index contributed by atoms with van der Waals surface area (Å²) >= 11 is 0. The van der Waals surface area contributed by atoms with Gasteiger partial charge in [-0.25, -0.2) is 0 Å². The third-order valence-electron chi connectivity index (χ3n) is 7.02. The van der Waals surface area contributed by atoms with Crippen LogP contribution in [0.2, 0.25) is 0 Å². The molecule has 0 aromatic heterocycles. The summed E-state index contributed by atoms with van der Waals surface area (Å²) in [7, 11) is 2.06. The van der Waals surface area contributed by atoms with Crippen LogP contribution in [0.4, 0.5) is 0 Å². The van der Waals surface area contributed by atoms with Crippen LogP contribution in [0.15, 0.2) is 30.3 Å². The van der Waals surface area contributed by atoms with Crippen molar-refractivity contribution in [1.29, 1.82) is 0 Å². The zero-order valence-electron chi connectivity index (χ0n) is 19.4. The fraction of sp³-hybridized carbons (Fsp3) is 0.692. The van der Waals surface area contributed by atoms with Crippen molar-refractivity contribution in [3.63, 3.8) is 0 Å². The largest absolute Gasteiger partial charge is 0.465 e. The van der Waals surface area contributed by atoms with Crippen LogP contribution in [0.5, 0.6) is 0 Å². The van der Waals surface area contributed by atoms with E-state index >= 15 is 0 Å². The topological polar surface area (TPSA) is 76.1 Å². The number of benzene rings is 1. The molecule has 2 bridgehead atoms. The van der Waals surface area contributed by atoms with Crippen LogP contribution in [0.3, 0.4) is 0 Å². The van der Waals surface area contributed by atoms with E-state index < -0.39 is 12.0 Å². The Labute approximate surface area is 192 Å². The van der Waals surface area contributed by atoms with Gasteiger partial charge in [-0.3, -0.25) is 14.5 Å². The molecule has 1 aromatic rings. The first-order chi connectivity index (χ1) is 15.6. The van der Waals surface area contributed by atoms with Crippen molar-refractivity contribution in [1.82, 2.24) is 4.90 Å². The molecular formula is C26H39NO5. The fourth-order valence-corrected chi connectivity index (χ4v) is 5.09. The molecule has 1 aromatic carbocycles. The van der Waals surface area contributed by atoms with Crippen LogP contribution < -0.4 is 0 Å². The van der Waals surface area contributed by atoms with E-state index in [0.29, 0.717) is 32.1 Å². The highest BCUT2D eigenvalue weighted by molar-refractivity contribution is 5.74.